The maximum atomic E-state index is 6.54. The number of furan rings is 3. The Morgan fingerprint density at radius 2 is 1.20 bits per heavy atom. The fraction of sp³-hybridized carbons (Fsp3) is 0.0571. The van der Waals surface area contributed by atoms with Crippen LogP contribution in [0.5, 0.6) is 0 Å². The molecule has 0 aliphatic carbocycles. The highest BCUT2D eigenvalue weighted by atomic mass is 16.4. The second kappa shape index (κ2) is 7.64. The summed E-state index contributed by atoms with van der Waals surface area (Å²) in [6.07, 6.45) is 0. The van der Waals surface area contributed by atoms with Crippen LogP contribution in [0, 0.1) is 6.92 Å². The maximum absolute atomic E-state index is 6.54. The van der Waals surface area contributed by atoms with Crippen molar-refractivity contribution in [1.82, 2.24) is 4.57 Å². The van der Waals surface area contributed by atoms with Gasteiger partial charge in [0.05, 0.1) is 17.8 Å². The van der Waals surface area contributed by atoms with Crippen LogP contribution < -0.4 is 4.57 Å². The molecule has 0 bridgehead atoms. The van der Waals surface area contributed by atoms with E-state index in [1.807, 2.05) is 36.4 Å². The van der Waals surface area contributed by atoms with E-state index >= 15 is 0 Å². The van der Waals surface area contributed by atoms with Crippen LogP contribution >= 0.6 is 0 Å². The van der Waals surface area contributed by atoms with Gasteiger partial charge in [0.25, 0.3) is 5.82 Å². The van der Waals surface area contributed by atoms with Crippen molar-refractivity contribution in [2.75, 3.05) is 0 Å². The van der Waals surface area contributed by atoms with Crippen LogP contribution in [0.4, 0.5) is 0 Å². The summed E-state index contributed by atoms with van der Waals surface area (Å²) in [4.78, 5) is 0. The summed E-state index contributed by atoms with van der Waals surface area (Å²) >= 11 is 0. The Bertz CT molecular complexity index is 2470. The Hall–Kier alpha value is -5.29. The van der Waals surface area contributed by atoms with Crippen LogP contribution in [0.2, 0.25) is 0 Å². The van der Waals surface area contributed by atoms with Gasteiger partial charge < -0.3 is 13.3 Å². The van der Waals surface area contributed by atoms with Crippen LogP contribution in [-0.2, 0) is 7.05 Å². The monoisotopic (exact) mass is 519 g/mol. The molecule has 4 aromatic heterocycles. The molecule has 9 rings (SSSR count). The van der Waals surface area contributed by atoms with E-state index in [0.717, 1.165) is 88.7 Å². The highest BCUT2D eigenvalue weighted by molar-refractivity contribution is 6.13. The Balaban J connectivity index is 1.38. The Kier molecular flexibility index (Phi) is 4.13. The van der Waals surface area contributed by atoms with Gasteiger partial charge in [0.2, 0.25) is 0 Å². The van der Waals surface area contributed by atoms with Crippen molar-refractivity contribution in [1.29, 1.82) is 0 Å². The Morgan fingerprint density at radius 1 is 0.575 bits per heavy atom. The van der Waals surface area contributed by atoms with Gasteiger partial charge in [-0.2, -0.15) is 4.57 Å². The number of aryl methyl sites for hydroxylation is 2. The lowest BCUT2D eigenvalue weighted by molar-refractivity contribution is -0.633. The first-order chi connectivity index (χ1) is 19.7. The standard InChI is InChI=1S/C35H23N2O3/c1-20-15-17-23-22-9-3-7-13-28(22)38-32(23)31(20)35-36(2)26-11-5-6-12-27(26)37(35)21-16-18-25-30(19-21)40-33-24-10-4-8-14-29(24)39-34(25)33/h3-19H,1-2H3/q+1. The number of hydrogen-bond donors (Lipinski definition) is 0. The molecule has 190 valence electrons. The number of hydrogen-bond acceptors (Lipinski definition) is 3. The van der Waals surface area contributed by atoms with E-state index < -0.39 is 0 Å². The lowest BCUT2D eigenvalue weighted by Crippen LogP contribution is -2.30. The van der Waals surface area contributed by atoms with Crippen molar-refractivity contribution in [3.63, 3.8) is 0 Å². The lowest BCUT2D eigenvalue weighted by Gasteiger charge is -2.07. The lowest BCUT2D eigenvalue weighted by atomic mass is 10.0. The molecule has 4 heterocycles. The summed E-state index contributed by atoms with van der Waals surface area (Å²) < 4.78 is 23.7. The molecule has 5 nitrogen and oxygen atoms in total. The molecule has 0 amide bonds. The first-order valence-electron chi connectivity index (χ1n) is 13.4. The summed E-state index contributed by atoms with van der Waals surface area (Å²) in [6, 6.07) is 35.5. The molecule has 0 spiro atoms. The molecule has 5 aromatic carbocycles. The van der Waals surface area contributed by atoms with Gasteiger partial charge in [-0.25, -0.2) is 4.57 Å². The fourth-order valence-electron chi connectivity index (χ4n) is 6.35. The number of imidazole rings is 1. The van der Waals surface area contributed by atoms with Gasteiger partial charge >= 0.3 is 0 Å². The zero-order chi connectivity index (χ0) is 26.5. The molecular weight excluding hydrogens is 496 g/mol. The number of aromatic nitrogens is 2. The molecule has 0 atom stereocenters. The minimum absolute atomic E-state index is 0.786. The van der Waals surface area contributed by atoms with E-state index in [0.29, 0.717) is 0 Å². The predicted octanol–water partition coefficient (Wildman–Crippen LogP) is 8.98. The highest BCUT2D eigenvalue weighted by Gasteiger charge is 2.31. The second-order valence-corrected chi connectivity index (χ2v) is 10.5. The average Bonchev–Trinajstić information content (AvgIpc) is 3.71. The van der Waals surface area contributed by atoms with Crippen molar-refractivity contribution in [2.24, 2.45) is 7.05 Å². The van der Waals surface area contributed by atoms with Crippen LogP contribution in [0.1, 0.15) is 5.56 Å². The number of nitrogens with zero attached hydrogens (tertiary/aromatic N) is 2. The zero-order valence-electron chi connectivity index (χ0n) is 21.9. The Morgan fingerprint density at radius 3 is 2.05 bits per heavy atom. The van der Waals surface area contributed by atoms with Gasteiger partial charge in [-0.05, 0) is 55.0 Å². The highest BCUT2D eigenvalue weighted by Crippen LogP contribution is 2.41. The number of para-hydroxylation sites is 4. The fourth-order valence-corrected chi connectivity index (χ4v) is 6.35. The molecule has 0 saturated heterocycles. The largest absolute Gasteiger partial charge is 0.455 e. The molecule has 0 aliphatic rings. The SMILES string of the molecule is Cc1ccc2c(oc3ccccc32)c1-c1n(-c2ccc3c(c2)oc2c4ccccc4oc32)c2ccccc2[n+]1C. The molecule has 0 unspecified atom stereocenters. The summed E-state index contributed by atoms with van der Waals surface area (Å²) in [5.41, 5.74) is 10.4. The van der Waals surface area contributed by atoms with E-state index in [1.54, 1.807) is 0 Å². The quantitative estimate of drug-likeness (QED) is 0.214. The normalized spacial score (nSPS) is 12.2. The van der Waals surface area contributed by atoms with E-state index in [9.17, 15) is 0 Å². The molecule has 0 N–H and O–H groups in total. The van der Waals surface area contributed by atoms with E-state index in [1.165, 1.54) is 0 Å². The average molecular weight is 520 g/mol. The van der Waals surface area contributed by atoms with Crippen LogP contribution in [0.3, 0.4) is 0 Å². The number of rotatable bonds is 2. The van der Waals surface area contributed by atoms with Crippen LogP contribution in [0.15, 0.2) is 116 Å². The van der Waals surface area contributed by atoms with Gasteiger partial charge in [-0.15, -0.1) is 0 Å². The van der Waals surface area contributed by atoms with Crippen LogP contribution in [0.25, 0.3) is 83.2 Å². The minimum atomic E-state index is 0.786. The van der Waals surface area contributed by atoms with Gasteiger partial charge in [0.15, 0.2) is 27.8 Å². The molecule has 9 aromatic rings. The van der Waals surface area contributed by atoms with Crippen molar-refractivity contribution in [2.45, 2.75) is 6.92 Å². The third-order valence-corrected chi connectivity index (χ3v) is 8.22. The molecule has 40 heavy (non-hydrogen) atoms. The van der Waals surface area contributed by atoms with Crippen molar-refractivity contribution in [3.8, 4) is 17.1 Å². The zero-order valence-corrected chi connectivity index (χ0v) is 21.9. The topological polar surface area (TPSA) is 48.2 Å². The summed E-state index contributed by atoms with van der Waals surface area (Å²) in [5.74, 6) is 1.04. The molecule has 0 saturated carbocycles. The second-order valence-electron chi connectivity index (χ2n) is 10.5. The minimum Gasteiger partial charge on any atom is -0.455 e. The number of benzene rings is 5. The smallest absolute Gasteiger partial charge is 0.298 e. The van der Waals surface area contributed by atoms with Gasteiger partial charge in [-0.3, -0.25) is 0 Å². The van der Waals surface area contributed by atoms with Crippen LogP contribution in [-0.4, -0.2) is 4.57 Å². The van der Waals surface area contributed by atoms with E-state index in [2.05, 4.69) is 89.8 Å². The molecule has 0 radical (unpaired) electrons. The van der Waals surface area contributed by atoms with Gasteiger partial charge in [-0.1, -0.05) is 54.6 Å². The van der Waals surface area contributed by atoms with Crippen molar-refractivity contribution >= 4 is 66.1 Å². The van der Waals surface area contributed by atoms with Crippen molar-refractivity contribution in [3.05, 3.63) is 109 Å². The van der Waals surface area contributed by atoms with E-state index in [4.69, 9.17) is 13.3 Å². The third-order valence-electron chi connectivity index (χ3n) is 8.22. The molecule has 0 aliphatic heterocycles. The molecule has 5 heteroatoms. The maximum Gasteiger partial charge on any atom is 0.298 e. The van der Waals surface area contributed by atoms with Crippen molar-refractivity contribution < 1.29 is 17.8 Å². The first kappa shape index (κ1) is 21.6. The van der Waals surface area contributed by atoms with E-state index in [-0.39, 0.29) is 0 Å². The summed E-state index contributed by atoms with van der Waals surface area (Å²) in [7, 11) is 2.12. The Labute approximate surface area is 228 Å². The van der Waals surface area contributed by atoms with Gasteiger partial charge in [0.1, 0.15) is 28.0 Å². The van der Waals surface area contributed by atoms with Gasteiger partial charge in [0, 0.05) is 16.8 Å². The summed E-state index contributed by atoms with van der Waals surface area (Å²) in [6.45, 7) is 2.15. The third kappa shape index (κ3) is 2.73. The summed E-state index contributed by atoms with van der Waals surface area (Å²) in [5, 5.41) is 4.19. The predicted molar refractivity (Wildman–Crippen MR) is 159 cm³/mol. The number of fused-ring (bicyclic) bond motifs is 9. The molecule has 0 fully saturated rings. The molecular formula is C35H23N2O3+. The first-order valence-corrected chi connectivity index (χ1v) is 13.4.